The Kier molecular flexibility index (Phi) is 6.38. The molecule has 2 aromatic carbocycles. The number of amides is 3. The Balaban J connectivity index is 1.35. The highest BCUT2D eigenvalue weighted by molar-refractivity contribution is 7.18. The second-order valence-electron chi connectivity index (χ2n) is 6.25. The number of carbonyl (C=O) groups excluding carboxylic acids is 2. The van der Waals surface area contributed by atoms with Crippen LogP contribution in [0.25, 0.3) is 10.2 Å². The van der Waals surface area contributed by atoms with Crippen LogP contribution in [-0.2, 0) is 17.8 Å². The van der Waals surface area contributed by atoms with Crippen molar-refractivity contribution in [2.45, 2.75) is 32.2 Å². The van der Waals surface area contributed by atoms with E-state index in [0.717, 1.165) is 35.4 Å². The van der Waals surface area contributed by atoms with Crippen LogP contribution in [-0.4, -0.2) is 16.9 Å². The van der Waals surface area contributed by atoms with Crippen molar-refractivity contribution in [3.63, 3.8) is 0 Å². The SMILES string of the molecule is NC(=O)Nc1ccc(CNC(=O)CCCCc2nc3ccccc3s2)cc1. The lowest BCUT2D eigenvalue weighted by molar-refractivity contribution is -0.121. The summed E-state index contributed by atoms with van der Waals surface area (Å²) in [6.45, 7) is 0.466. The first-order chi connectivity index (χ1) is 13.1. The van der Waals surface area contributed by atoms with Crippen molar-refractivity contribution in [1.29, 1.82) is 0 Å². The van der Waals surface area contributed by atoms with Crippen LogP contribution in [0.5, 0.6) is 0 Å². The van der Waals surface area contributed by atoms with Gasteiger partial charge in [0, 0.05) is 18.7 Å². The highest BCUT2D eigenvalue weighted by atomic mass is 32.1. The van der Waals surface area contributed by atoms with E-state index in [1.54, 1.807) is 23.5 Å². The maximum absolute atomic E-state index is 12.0. The number of thiazole rings is 1. The minimum atomic E-state index is -0.595. The Labute approximate surface area is 161 Å². The number of nitrogens with one attached hydrogen (secondary N) is 2. The molecule has 27 heavy (non-hydrogen) atoms. The molecule has 0 aliphatic rings. The monoisotopic (exact) mass is 382 g/mol. The van der Waals surface area contributed by atoms with Crippen molar-refractivity contribution in [1.82, 2.24) is 10.3 Å². The molecule has 7 heteroatoms. The van der Waals surface area contributed by atoms with E-state index in [-0.39, 0.29) is 5.91 Å². The highest BCUT2D eigenvalue weighted by Gasteiger charge is 2.05. The first kappa shape index (κ1) is 18.8. The van der Waals surface area contributed by atoms with Gasteiger partial charge in [-0.3, -0.25) is 4.79 Å². The maximum atomic E-state index is 12.0. The van der Waals surface area contributed by atoms with Gasteiger partial charge < -0.3 is 16.4 Å². The minimum Gasteiger partial charge on any atom is -0.352 e. The second-order valence-corrected chi connectivity index (χ2v) is 7.36. The standard InChI is InChI=1S/C20H22N4O2S/c21-20(26)23-15-11-9-14(10-12-15)13-22-18(25)7-3-4-8-19-24-16-5-1-2-6-17(16)27-19/h1-2,5-6,9-12H,3-4,7-8,13H2,(H,22,25)(H3,21,23,26). The molecule has 0 aliphatic carbocycles. The van der Waals surface area contributed by atoms with E-state index in [1.807, 2.05) is 30.3 Å². The average Bonchev–Trinajstić information content (AvgIpc) is 3.07. The lowest BCUT2D eigenvalue weighted by Crippen LogP contribution is -2.22. The molecule has 0 saturated carbocycles. The molecule has 0 spiro atoms. The number of urea groups is 1. The van der Waals surface area contributed by atoms with Gasteiger partial charge in [0.15, 0.2) is 0 Å². The summed E-state index contributed by atoms with van der Waals surface area (Å²) in [7, 11) is 0. The number of para-hydroxylation sites is 1. The van der Waals surface area contributed by atoms with Gasteiger partial charge in [0.2, 0.25) is 5.91 Å². The molecule has 6 nitrogen and oxygen atoms in total. The molecule has 3 rings (SSSR count). The van der Waals surface area contributed by atoms with E-state index in [4.69, 9.17) is 5.73 Å². The van der Waals surface area contributed by atoms with Crippen molar-refractivity contribution in [3.8, 4) is 0 Å². The molecular formula is C20H22N4O2S. The van der Waals surface area contributed by atoms with Crippen molar-refractivity contribution < 1.29 is 9.59 Å². The van der Waals surface area contributed by atoms with Crippen LogP contribution >= 0.6 is 11.3 Å². The van der Waals surface area contributed by atoms with E-state index in [9.17, 15) is 9.59 Å². The Morgan fingerprint density at radius 1 is 1.04 bits per heavy atom. The Hall–Kier alpha value is -2.93. The topological polar surface area (TPSA) is 97.1 Å². The number of aromatic nitrogens is 1. The van der Waals surface area contributed by atoms with Crippen LogP contribution in [0, 0.1) is 0 Å². The summed E-state index contributed by atoms with van der Waals surface area (Å²) in [5.41, 5.74) is 7.71. The molecule has 0 aliphatic heterocycles. The molecule has 3 aromatic rings. The fraction of sp³-hybridized carbons (Fsp3) is 0.250. The third-order valence-electron chi connectivity index (χ3n) is 4.09. The van der Waals surface area contributed by atoms with Gasteiger partial charge in [-0.2, -0.15) is 0 Å². The summed E-state index contributed by atoms with van der Waals surface area (Å²) in [4.78, 5) is 27.4. The van der Waals surface area contributed by atoms with Gasteiger partial charge in [-0.05, 0) is 49.1 Å². The van der Waals surface area contributed by atoms with E-state index in [0.29, 0.717) is 18.7 Å². The minimum absolute atomic E-state index is 0.0404. The Morgan fingerprint density at radius 3 is 2.56 bits per heavy atom. The number of aryl methyl sites for hydroxylation is 1. The number of rotatable bonds is 8. The molecule has 0 unspecified atom stereocenters. The zero-order chi connectivity index (χ0) is 19.1. The number of nitrogens with zero attached hydrogens (tertiary/aromatic N) is 1. The zero-order valence-electron chi connectivity index (χ0n) is 14.9. The van der Waals surface area contributed by atoms with Gasteiger partial charge in [0.1, 0.15) is 0 Å². The molecule has 140 valence electrons. The number of hydrogen-bond acceptors (Lipinski definition) is 4. The zero-order valence-corrected chi connectivity index (χ0v) is 15.7. The van der Waals surface area contributed by atoms with Crippen molar-refractivity contribution in [2.24, 2.45) is 5.73 Å². The average molecular weight is 382 g/mol. The number of unbranched alkanes of at least 4 members (excludes halogenated alkanes) is 1. The fourth-order valence-corrected chi connectivity index (χ4v) is 3.73. The predicted molar refractivity (Wildman–Crippen MR) is 109 cm³/mol. The van der Waals surface area contributed by atoms with Gasteiger partial charge in [-0.1, -0.05) is 24.3 Å². The predicted octanol–water partition coefficient (Wildman–Crippen LogP) is 3.82. The summed E-state index contributed by atoms with van der Waals surface area (Å²) in [5, 5.41) is 6.54. The highest BCUT2D eigenvalue weighted by Crippen LogP contribution is 2.22. The van der Waals surface area contributed by atoms with Crippen LogP contribution in [0.2, 0.25) is 0 Å². The van der Waals surface area contributed by atoms with Crippen molar-refractivity contribution in [2.75, 3.05) is 5.32 Å². The molecule has 4 N–H and O–H groups in total. The summed E-state index contributed by atoms with van der Waals surface area (Å²) < 4.78 is 1.21. The normalized spacial score (nSPS) is 10.7. The molecule has 0 fully saturated rings. The Bertz CT molecular complexity index is 888. The fourth-order valence-electron chi connectivity index (χ4n) is 2.73. The number of hydrogen-bond donors (Lipinski definition) is 3. The maximum Gasteiger partial charge on any atom is 0.316 e. The first-order valence-electron chi connectivity index (χ1n) is 8.87. The summed E-state index contributed by atoms with van der Waals surface area (Å²) in [6, 6.07) is 14.7. The van der Waals surface area contributed by atoms with Crippen LogP contribution < -0.4 is 16.4 Å². The smallest absolute Gasteiger partial charge is 0.316 e. The van der Waals surface area contributed by atoms with Gasteiger partial charge in [0.25, 0.3) is 0 Å². The number of fused-ring (bicyclic) bond motifs is 1. The Morgan fingerprint density at radius 2 is 1.81 bits per heavy atom. The molecule has 0 bridgehead atoms. The largest absolute Gasteiger partial charge is 0.352 e. The third-order valence-corrected chi connectivity index (χ3v) is 5.19. The van der Waals surface area contributed by atoms with Crippen molar-refractivity contribution in [3.05, 3.63) is 59.1 Å². The molecule has 3 amide bonds. The summed E-state index contributed by atoms with van der Waals surface area (Å²) >= 11 is 1.72. The van der Waals surface area contributed by atoms with Crippen LogP contribution in [0.3, 0.4) is 0 Å². The van der Waals surface area contributed by atoms with E-state index in [1.165, 1.54) is 4.70 Å². The molecule has 0 radical (unpaired) electrons. The number of nitrogens with two attached hydrogens (primary N) is 1. The third kappa shape index (κ3) is 5.79. The molecule has 1 aromatic heterocycles. The molecule has 0 atom stereocenters. The molecular weight excluding hydrogens is 360 g/mol. The second kappa shape index (κ2) is 9.14. The van der Waals surface area contributed by atoms with Crippen LogP contribution in [0.1, 0.15) is 29.8 Å². The number of anilines is 1. The van der Waals surface area contributed by atoms with Gasteiger partial charge in [-0.25, -0.2) is 9.78 Å². The number of benzene rings is 2. The van der Waals surface area contributed by atoms with E-state index < -0.39 is 6.03 Å². The number of carbonyl (C=O) groups is 2. The van der Waals surface area contributed by atoms with Crippen molar-refractivity contribution >= 4 is 39.2 Å². The quantitative estimate of drug-likeness (QED) is 0.517. The van der Waals surface area contributed by atoms with Gasteiger partial charge >= 0.3 is 6.03 Å². The van der Waals surface area contributed by atoms with Gasteiger partial charge in [-0.15, -0.1) is 11.3 Å². The van der Waals surface area contributed by atoms with Gasteiger partial charge in [0.05, 0.1) is 15.2 Å². The lowest BCUT2D eigenvalue weighted by Gasteiger charge is -2.07. The first-order valence-corrected chi connectivity index (χ1v) is 9.68. The van der Waals surface area contributed by atoms with E-state index >= 15 is 0 Å². The lowest BCUT2D eigenvalue weighted by atomic mass is 10.1. The number of primary amides is 1. The molecule has 0 saturated heterocycles. The van der Waals surface area contributed by atoms with E-state index in [2.05, 4.69) is 21.7 Å². The van der Waals surface area contributed by atoms with Crippen LogP contribution in [0.4, 0.5) is 10.5 Å². The molecule has 1 heterocycles. The van der Waals surface area contributed by atoms with Crippen LogP contribution in [0.15, 0.2) is 48.5 Å². The summed E-state index contributed by atoms with van der Waals surface area (Å²) in [6.07, 6.45) is 3.19. The summed E-state index contributed by atoms with van der Waals surface area (Å²) in [5.74, 6) is 0.0404.